The van der Waals surface area contributed by atoms with Crippen molar-refractivity contribution in [1.29, 1.82) is 0 Å². The molecule has 1 fully saturated rings. The third-order valence-corrected chi connectivity index (χ3v) is 10.4. The van der Waals surface area contributed by atoms with Crippen LogP contribution in [0.2, 0.25) is 18.6 Å². The van der Waals surface area contributed by atoms with Gasteiger partial charge in [-0.2, -0.15) is 0 Å². The van der Waals surface area contributed by atoms with Gasteiger partial charge in [-0.05, 0) is 62.0 Å². The predicted molar refractivity (Wildman–Crippen MR) is 150 cm³/mol. The van der Waals surface area contributed by atoms with Crippen LogP contribution in [0.5, 0.6) is 5.75 Å². The van der Waals surface area contributed by atoms with Crippen molar-refractivity contribution in [3.63, 3.8) is 0 Å². The molecule has 3 N–H and O–H groups in total. The minimum absolute atomic E-state index is 0.0226. The Kier molecular flexibility index (Phi) is 7.51. The fourth-order valence-corrected chi connectivity index (χ4v) is 8.64. The second-order valence-electron chi connectivity index (χ2n) is 10.9. The number of nitrogens with one attached hydrogen (secondary N) is 2. The monoisotopic (exact) mass is 567 g/mol. The van der Waals surface area contributed by atoms with Crippen LogP contribution in [0.3, 0.4) is 0 Å². The van der Waals surface area contributed by atoms with Crippen LogP contribution in [0.15, 0.2) is 48.7 Å². The summed E-state index contributed by atoms with van der Waals surface area (Å²) in [7, 11) is -1.74. The molecule has 5 rings (SSSR count). The van der Waals surface area contributed by atoms with Crippen molar-refractivity contribution in [2.24, 2.45) is 5.92 Å². The van der Waals surface area contributed by atoms with Gasteiger partial charge in [0.2, 0.25) is 8.41 Å². The van der Waals surface area contributed by atoms with Crippen molar-refractivity contribution in [2.75, 3.05) is 24.4 Å². The lowest BCUT2D eigenvalue weighted by atomic mass is 9.82. The van der Waals surface area contributed by atoms with Crippen molar-refractivity contribution in [2.45, 2.75) is 56.7 Å². The lowest BCUT2D eigenvalue weighted by Gasteiger charge is -2.30. The number of aromatic nitrogens is 3. The number of methoxy groups -OCH3 is 1. The predicted octanol–water partition coefficient (Wildman–Crippen LogP) is 3.89. The minimum atomic E-state index is -3.30. The highest BCUT2D eigenvalue weighted by atomic mass is 28.4. The molecule has 10 nitrogen and oxygen atoms in total. The normalized spacial score (nSPS) is 23.8. The van der Waals surface area contributed by atoms with Crippen molar-refractivity contribution >= 4 is 31.6 Å². The van der Waals surface area contributed by atoms with E-state index < -0.39 is 31.6 Å². The summed E-state index contributed by atoms with van der Waals surface area (Å²) in [5.41, 5.74) is 0.966. The quantitative estimate of drug-likeness (QED) is 0.264. The molecule has 4 atom stereocenters. The molecule has 2 aliphatic rings. The summed E-state index contributed by atoms with van der Waals surface area (Å²) in [6.07, 6.45) is 2.07. The fraction of sp³-hybridized carbons (Fsp3) is 0.429. The van der Waals surface area contributed by atoms with Gasteiger partial charge in [0, 0.05) is 59.7 Å². The highest BCUT2D eigenvalue weighted by molar-refractivity contribution is 6.72. The van der Waals surface area contributed by atoms with Crippen molar-refractivity contribution in [1.82, 2.24) is 15.0 Å². The van der Waals surface area contributed by atoms with E-state index in [1.807, 2.05) is 6.92 Å². The van der Waals surface area contributed by atoms with E-state index in [0.717, 1.165) is 0 Å². The molecular formula is C28H34FN5O5Si. The molecule has 2 aromatic carbocycles. The summed E-state index contributed by atoms with van der Waals surface area (Å²) in [6, 6.07) is 12.0. The Morgan fingerprint density at radius 2 is 2.02 bits per heavy atom. The maximum atomic E-state index is 15.9. The molecule has 0 unspecified atom stereocenters. The Hall–Kier alpha value is -3.61. The first-order valence-corrected chi connectivity index (χ1v) is 16.3. The molecule has 2 amide bonds. The summed E-state index contributed by atoms with van der Waals surface area (Å²) in [6.45, 7) is 5.59. The Morgan fingerprint density at radius 1 is 1.27 bits per heavy atom. The third-order valence-electron chi connectivity index (χ3n) is 7.92. The molecule has 3 heterocycles. The largest absolute Gasteiger partial charge is 0.497 e. The Bertz CT molecular complexity index is 1410. The first kappa shape index (κ1) is 27.9. The Labute approximate surface area is 233 Å². The molecule has 3 aromatic rings. The highest BCUT2D eigenvalue weighted by Gasteiger charge is 2.65. The standard InChI is InChI=1S/C28H34FN5O5Si/c1-17-25(40(3,4)29)24(11-13-34-16-20(12-14-35)32-33-34)39-28(17)22-15-19(7-10-23(22)31-27(28)37)30-26(36)18-5-8-21(38-2)9-6-18/h5-10,15-17,24-25,35H,11-14H2,1-4H3,(H,30,36)(H,31,37)/t17-,24+,25-,28+/m0/s1. The second kappa shape index (κ2) is 10.8. The van der Waals surface area contributed by atoms with Crippen LogP contribution < -0.4 is 15.4 Å². The van der Waals surface area contributed by atoms with E-state index in [-0.39, 0.29) is 18.4 Å². The number of hydrogen-bond acceptors (Lipinski definition) is 7. The lowest BCUT2D eigenvalue weighted by Crippen LogP contribution is -2.42. The number of ether oxygens (including phenoxy) is 2. The first-order valence-electron chi connectivity index (χ1n) is 13.3. The zero-order chi connectivity index (χ0) is 28.7. The average Bonchev–Trinajstić information content (AvgIpc) is 3.58. The molecule has 0 saturated carbocycles. The number of rotatable bonds is 9. The number of carbonyl (C=O) groups excluding carboxylic acids is 2. The zero-order valence-electron chi connectivity index (χ0n) is 23.0. The van der Waals surface area contributed by atoms with Gasteiger partial charge in [-0.1, -0.05) is 12.1 Å². The minimum Gasteiger partial charge on any atom is -0.497 e. The van der Waals surface area contributed by atoms with Gasteiger partial charge in [0.1, 0.15) is 5.75 Å². The molecule has 0 bridgehead atoms. The van der Waals surface area contributed by atoms with Gasteiger partial charge in [0.25, 0.3) is 11.8 Å². The smallest absolute Gasteiger partial charge is 0.261 e. The summed E-state index contributed by atoms with van der Waals surface area (Å²) < 4.78 is 29.3. The number of fused-ring (bicyclic) bond motifs is 2. The summed E-state index contributed by atoms with van der Waals surface area (Å²) in [5, 5.41) is 23.1. The van der Waals surface area contributed by atoms with Crippen molar-refractivity contribution < 1.29 is 28.3 Å². The number of aliphatic hydroxyl groups excluding tert-OH is 1. The van der Waals surface area contributed by atoms with E-state index in [1.54, 1.807) is 73.5 Å². The van der Waals surface area contributed by atoms with Crippen LogP contribution in [-0.4, -0.2) is 60.1 Å². The van der Waals surface area contributed by atoms with Crippen molar-refractivity contribution in [3.05, 3.63) is 65.5 Å². The molecule has 1 saturated heterocycles. The number of halogens is 1. The maximum absolute atomic E-state index is 15.9. The van der Waals surface area contributed by atoms with Gasteiger partial charge in [-0.3, -0.25) is 14.3 Å². The Morgan fingerprint density at radius 3 is 2.70 bits per heavy atom. The van der Waals surface area contributed by atoms with Gasteiger partial charge in [-0.15, -0.1) is 5.10 Å². The summed E-state index contributed by atoms with van der Waals surface area (Å²) in [5.74, 6) is -0.439. The second-order valence-corrected chi connectivity index (χ2v) is 14.7. The van der Waals surface area contributed by atoms with Gasteiger partial charge < -0.3 is 29.3 Å². The molecular weight excluding hydrogens is 533 g/mol. The van der Waals surface area contributed by atoms with E-state index in [2.05, 4.69) is 20.9 Å². The number of anilines is 2. The molecule has 212 valence electrons. The molecule has 1 spiro atoms. The van der Waals surface area contributed by atoms with E-state index >= 15 is 4.11 Å². The molecule has 12 heteroatoms. The SMILES string of the molecule is COc1ccc(C(=O)Nc2ccc3c(c2)[C@@]2(O[C@H](CCn4cc(CCO)nn4)[C@@H]([Si](C)(C)F)[C@@H]2C)C(=O)N3)cc1. The average molecular weight is 568 g/mol. The van der Waals surface area contributed by atoms with Crippen LogP contribution in [0.1, 0.15) is 35.0 Å². The number of amides is 2. The topological polar surface area (TPSA) is 128 Å². The molecule has 0 aliphatic carbocycles. The zero-order valence-corrected chi connectivity index (χ0v) is 24.0. The third kappa shape index (κ3) is 5.02. The number of nitrogens with zero attached hydrogens (tertiary/aromatic N) is 3. The number of carbonyl (C=O) groups is 2. The van der Waals surface area contributed by atoms with Gasteiger partial charge in [0.05, 0.1) is 18.9 Å². The van der Waals surface area contributed by atoms with Gasteiger partial charge in [-0.25, -0.2) is 0 Å². The maximum Gasteiger partial charge on any atom is 0.261 e. The van der Waals surface area contributed by atoms with E-state index in [0.29, 0.717) is 53.3 Å². The van der Waals surface area contributed by atoms with Crippen LogP contribution in [-0.2, 0) is 28.1 Å². The van der Waals surface area contributed by atoms with E-state index in [4.69, 9.17) is 14.6 Å². The highest BCUT2D eigenvalue weighted by Crippen LogP contribution is 2.59. The molecule has 1 aromatic heterocycles. The summed E-state index contributed by atoms with van der Waals surface area (Å²) >= 11 is 0. The van der Waals surface area contributed by atoms with Crippen LogP contribution in [0, 0.1) is 5.92 Å². The first-order chi connectivity index (χ1) is 19.1. The number of hydrogen-bond donors (Lipinski definition) is 3. The van der Waals surface area contributed by atoms with E-state index in [1.165, 1.54) is 0 Å². The van der Waals surface area contributed by atoms with Gasteiger partial charge >= 0.3 is 0 Å². The Balaban J connectivity index is 1.42. The number of aliphatic hydroxyl groups is 1. The van der Waals surface area contributed by atoms with E-state index in [9.17, 15) is 9.59 Å². The van der Waals surface area contributed by atoms with Crippen LogP contribution in [0.25, 0.3) is 0 Å². The van der Waals surface area contributed by atoms with Gasteiger partial charge in [0.15, 0.2) is 5.60 Å². The molecule has 40 heavy (non-hydrogen) atoms. The molecule has 2 aliphatic heterocycles. The number of benzene rings is 2. The summed E-state index contributed by atoms with van der Waals surface area (Å²) in [4.78, 5) is 26.5. The van der Waals surface area contributed by atoms with Crippen LogP contribution >= 0.6 is 0 Å². The fourth-order valence-electron chi connectivity index (χ4n) is 6.10. The molecule has 0 radical (unpaired) electrons. The van der Waals surface area contributed by atoms with Crippen LogP contribution in [0.4, 0.5) is 15.5 Å². The lowest BCUT2D eigenvalue weighted by molar-refractivity contribution is -0.143. The number of aryl methyl sites for hydroxylation is 1. The van der Waals surface area contributed by atoms with Crippen molar-refractivity contribution in [3.8, 4) is 5.75 Å².